The van der Waals surface area contributed by atoms with E-state index in [1.807, 2.05) is 0 Å². The number of nitrogens with one attached hydrogen (secondary N) is 1. The monoisotopic (exact) mass is 270 g/mol. The van der Waals surface area contributed by atoms with Crippen molar-refractivity contribution in [3.05, 3.63) is 46.1 Å². The molecule has 1 N–H and O–H groups in total. The Balaban J connectivity index is 2.48. The van der Waals surface area contributed by atoms with Crippen molar-refractivity contribution >= 4 is 12.2 Å². The van der Waals surface area contributed by atoms with Gasteiger partial charge >= 0.3 is 6.18 Å². The minimum Gasteiger partial charge on any atom is -0.267 e. The van der Waals surface area contributed by atoms with Gasteiger partial charge in [0.1, 0.15) is 4.64 Å². The van der Waals surface area contributed by atoms with Crippen molar-refractivity contribution in [2.45, 2.75) is 13.1 Å². The number of alkyl halides is 3. The van der Waals surface area contributed by atoms with Crippen LogP contribution in [0.3, 0.4) is 0 Å². The Morgan fingerprint density at radius 3 is 2.39 bits per heavy atom. The highest BCUT2D eigenvalue weighted by atomic mass is 32.1. The van der Waals surface area contributed by atoms with Gasteiger partial charge in [0.2, 0.25) is 0 Å². The van der Waals surface area contributed by atoms with Gasteiger partial charge in [0, 0.05) is 5.56 Å². The van der Waals surface area contributed by atoms with Crippen molar-refractivity contribution < 1.29 is 13.2 Å². The van der Waals surface area contributed by atoms with Crippen molar-refractivity contribution in [1.29, 1.82) is 0 Å². The van der Waals surface area contributed by atoms with Gasteiger partial charge in [-0.15, -0.1) is 0 Å². The summed E-state index contributed by atoms with van der Waals surface area (Å²) in [5, 5.41) is 6.60. The van der Waals surface area contributed by atoms with Gasteiger partial charge in [-0.3, -0.25) is 5.10 Å². The lowest BCUT2D eigenvalue weighted by molar-refractivity contribution is -0.137. The summed E-state index contributed by atoms with van der Waals surface area (Å²) in [5.41, 5.74) is 1.07. The van der Waals surface area contributed by atoms with Gasteiger partial charge in [-0.05, 0) is 36.8 Å². The molecule has 0 atom stereocenters. The number of aromatic nitrogens is 2. The molecule has 18 heavy (non-hydrogen) atoms. The standard InChI is InChI=1S/C12H9F3N2S/c1-7-6-8(12(13,14)15)2-3-9(7)10-4-5-11(18)17-16-10/h2-6H,1H3,(H,17,18). The van der Waals surface area contributed by atoms with E-state index < -0.39 is 11.7 Å². The predicted molar refractivity (Wildman–Crippen MR) is 64.6 cm³/mol. The van der Waals surface area contributed by atoms with E-state index in [-0.39, 0.29) is 0 Å². The maximum absolute atomic E-state index is 12.5. The molecule has 0 aliphatic carbocycles. The third-order valence-electron chi connectivity index (χ3n) is 2.51. The zero-order valence-corrected chi connectivity index (χ0v) is 10.2. The summed E-state index contributed by atoms with van der Waals surface area (Å²) in [6.07, 6.45) is -4.33. The summed E-state index contributed by atoms with van der Waals surface area (Å²) in [5.74, 6) is 0. The van der Waals surface area contributed by atoms with Gasteiger partial charge < -0.3 is 0 Å². The molecule has 94 valence electrons. The molecule has 6 heteroatoms. The fourth-order valence-electron chi connectivity index (χ4n) is 1.62. The van der Waals surface area contributed by atoms with Crippen LogP contribution in [0.4, 0.5) is 13.2 Å². The molecule has 0 radical (unpaired) electrons. The van der Waals surface area contributed by atoms with Gasteiger partial charge in [-0.25, -0.2) is 0 Å². The van der Waals surface area contributed by atoms with Gasteiger partial charge in [-0.1, -0.05) is 18.3 Å². The Bertz CT molecular complexity index is 611. The molecule has 0 aliphatic heterocycles. The van der Waals surface area contributed by atoms with Crippen molar-refractivity contribution in [2.24, 2.45) is 0 Å². The number of nitrogens with zero attached hydrogens (tertiary/aromatic N) is 1. The van der Waals surface area contributed by atoms with Crippen molar-refractivity contribution in [1.82, 2.24) is 10.2 Å². The second-order valence-corrected chi connectivity index (χ2v) is 4.27. The van der Waals surface area contributed by atoms with Crippen LogP contribution in [-0.2, 0) is 6.18 Å². The lowest BCUT2D eigenvalue weighted by atomic mass is 10.0. The number of halogens is 3. The molecule has 2 rings (SSSR count). The summed E-state index contributed by atoms with van der Waals surface area (Å²) in [6, 6.07) is 6.89. The lowest BCUT2D eigenvalue weighted by Crippen LogP contribution is -2.05. The third kappa shape index (κ3) is 2.59. The minimum absolute atomic E-state index is 0.475. The number of aromatic amines is 1. The van der Waals surface area contributed by atoms with Gasteiger partial charge in [0.25, 0.3) is 0 Å². The number of benzene rings is 1. The third-order valence-corrected chi connectivity index (χ3v) is 2.74. The summed E-state index contributed by atoms with van der Waals surface area (Å²) in [7, 11) is 0. The SMILES string of the molecule is Cc1cc(C(F)(F)F)ccc1-c1ccc(=S)[nH]n1. The molecule has 0 spiro atoms. The van der Waals surface area contributed by atoms with Crippen LogP contribution in [0.2, 0.25) is 0 Å². The summed E-state index contributed by atoms with van der Waals surface area (Å²) in [4.78, 5) is 0. The maximum atomic E-state index is 12.5. The van der Waals surface area contributed by atoms with E-state index in [9.17, 15) is 13.2 Å². The largest absolute Gasteiger partial charge is 0.416 e. The zero-order valence-electron chi connectivity index (χ0n) is 9.38. The first-order chi connectivity index (χ1) is 8.38. The molecule has 1 aromatic carbocycles. The van der Waals surface area contributed by atoms with Gasteiger partial charge in [0.15, 0.2) is 0 Å². The highest BCUT2D eigenvalue weighted by Gasteiger charge is 2.30. The van der Waals surface area contributed by atoms with E-state index in [1.54, 1.807) is 19.1 Å². The van der Waals surface area contributed by atoms with Crippen LogP contribution in [0, 0.1) is 11.6 Å². The molecule has 2 aromatic rings. The highest BCUT2D eigenvalue weighted by molar-refractivity contribution is 7.71. The molecule has 0 bridgehead atoms. The van der Waals surface area contributed by atoms with E-state index >= 15 is 0 Å². The van der Waals surface area contributed by atoms with Crippen molar-refractivity contribution in [2.75, 3.05) is 0 Å². The second-order valence-electron chi connectivity index (χ2n) is 3.83. The van der Waals surface area contributed by atoms with E-state index in [2.05, 4.69) is 10.2 Å². The number of hydrogen-bond acceptors (Lipinski definition) is 2. The Kier molecular flexibility index (Phi) is 3.21. The molecule has 1 heterocycles. The van der Waals surface area contributed by atoms with E-state index in [1.165, 1.54) is 6.07 Å². The Labute approximate surface area is 106 Å². The van der Waals surface area contributed by atoms with E-state index in [4.69, 9.17) is 12.2 Å². The van der Waals surface area contributed by atoms with E-state index in [0.717, 1.165) is 12.1 Å². The summed E-state index contributed by atoms with van der Waals surface area (Å²) >= 11 is 4.86. The first-order valence-electron chi connectivity index (χ1n) is 5.12. The second kappa shape index (κ2) is 4.53. The van der Waals surface area contributed by atoms with Gasteiger partial charge in [-0.2, -0.15) is 18.3 Å². The van der Waals surface area contributed by atoms with Crippen LogP contribution in [0.5, 0.6) is 0 Å². The molecule has 0 aliphatic rings. The Hall–Kier alpha value is -1.69. The van der Waals surface area contributed by atoms with Crippen LogP contribution in [0.25, 0.3) is 11.3 Å². The van der Waals surface area contributed by atoms with Crippen LogP contribution in [0.15, 0.2) is 30.3 Å². The molecule has 0 saturated heterocycles. The summed E-state index contributed by atoms with van der Waals surface area (Å²) in [6.45, 7) is 1.62. The zero-order chi connectivity index (χ0) is 13.3. The van der Waals surface area contributed by atoms with Crippen LogP contribution in [0.1, 0.15) is 11.1 Å². The smallest absolute Gasteiger partial charge is 0.267 e. The average molecular weight is 270 g/mol. The number of hydrogen-bond donors (Lipinski definition) is 1. The highest BCUT2D eigenvalue weighted by Crippen LogP contribution is 2.32. The Morgan fingerprint density at radius 1 is 1.17 bits per heavy atom. The quantitative estimate of drug-likeness (QED) is 0.789. The molecular formula is C12H9F3N2S. The molecule has 0 unspecified atom stereocenters. The van der Waals surface area contributed by atoms with Gasteiger partial charge in [0.05, 0.1) is 11.3 Å². The molecular weight excluding hydrogens is 261 g/mol. The Morgan fingerprint density at radius 2 is 1.89 bits per heavy atom. The van der Waals surface area contributed by atoms with Crippen molar-refractivity contribution in [3.8, 4) is 11.3 Å². The average Bonchev–Trinajstić information content (AvgIpc) is 2.29. The number of rotatable bonds is 1. The van der Waals surface area contributed by atoms with Crippen LogP contribution < -0.4 is 0 Å². The summed E-state index contributed by atoms with van der Waals surface area (Å²) < 4.78 is 38.0. The molecule has 0 amide bonds. The minimum atomic E-state index is -4.33. The van der Waals surface area contributed by atoms with Crippen LogP contribution >= 0.6 is 12.2 Å². The van der Waals surface area contributed by atoms with Crippen LogP contribution in [-0.4, -0.2) is 10.2 Å². The molecule has 1 aromatic heterocycles. The molecule has 0 fully saturated rings. The fourth-order valence-corrected chi connectivity index (χ4v) is 1.74. The first kappa shape index (κ1) is 12.8. The van der Waals surface area contributed by atoms with Crippen molar-refractivity contribution in [3.63, 3.8) is 0 Å². The number of H-pyrrole nitrogens is 1. The predicted octanol–water partition coefficient (Wildman–Crippen LogP) is 4.13. The lowest BCUT2D eigenvalue weighted by Gasteiger charge is -2.10. The molecule has 0 saturated carbocycles. The molecule has 2 nitrogen and oxygen atoms in total. The normalized spacial score (nSPS) is 11.6. The van der Waals surface area contributed by atoms with E-state index in [0.29, 0.717) is 21.5 Å². The topological polar surface area (TPSA) is 28.7 Å². The fraction of sp³-hybridized carbons (Fsp3) is 0.167. The first-order valence-corrected chi connectivity index (χ1v) is 5.53. The number of aryl methyl sites for hydroxylation is 1. The maximum Gasteiger partial charge on any atom is 0.416 e.